The van der Waals surface area contributed by atoms with E-state index in [1.807, 2.05) is 0 Å². The van der Waals surface area contributed by atoms with Gasteiger partial charge in [0, 0.05) is 6.42 Å². The molecule has 0 N–H and O–H groups in total. The topological polar surface area (TPSA) is 29.5 Å². The molecule has 2 fully saturated rings. The number of hydrogen-bond donors (Lipinski definition) is 0. The van der Waals surface area contributed by atoms with E-state index in [0.29, 0.717) is 6.61 Å². The van der Waals surface area contributed by atoms with Crippen molar-refractivity contribution in [2.45, 2.75) is 17.4 Å². The Kier molecular flexibility index (Phi) is 1.79. The van der Waals surface area contributed by atoms with E-state index in [-0.39, 0.29) is 18.7 Å². The first kappa shape index (κ1) is 9.15. The molecule has 6 heteroatoms. The molecule has 2 heterocycles. The van der Waals surface area contributed by atoms with Crippen LogP contribution in [0.25, 0.3) is 0 Å². The molecule has 0 atom stereocenters. The Bertz CT molecular complexity index is 241. The molecule has 0 unspecified atom stereocenters. The zero-order valence-electron chi connectivity index (χ0n) is 6.73. The Hall–Kier alpha value is -0.420. The van der Waals surface area contributed by atoms with Gasteiger partial charge in [-0.1, -0.05) is 0 Å². The normalized spacial score (nSPS) is 25.3. The van der Waals surface area contributed by atoms with Gasteiger partial charge in [-0.15, -0.1) is 0 Å². The molecule has 2 aliphatic heterocycles. The van der Waals surface area contributed by atoms with Gasteiger partial charge in [-0.25, -0.2) is 0 Å². The zero-order chi connectivity index (χ0) is 9.69. The molecule has 1 amide bonds. The van der Waals surface area contributed by atoms with Crippen molar-refractivity contribution in [3.63, 3.8) is 0 Å². The predicted octanol–water partition coefficient (Wildman–Crippen LogP) is 0.819. The Morgan fingerprint density at radius 2 is 2.08 bits per heavy atom. The number of carbonyl (C=O) groups is 1. The second-order valence-corrected chi connectivity index (χ2v) is 3.92. The van der Waals surface area contributed by atoms with Crippen molar-refractivity contribution < 1.29 is 18.3 Å². The van der Waals surface area contributed by atoms with E-state index >= 15 is 0 Å². The molecular weight excluding hydrogens is 204 g/mol. The average Bonchev–Trinajstić information content (AvgIpc) is 1.78. The largest absolute Gasteiger partial charge is 0.399 e. The summed E-state index contributed by atoms with van der Waals surface area (Å²) in [7, 11) is 0. The standard InChI is InChI=1S/C7H8ClF2NO2/c8-7(9,10)5(12)11-3-6(4-11)1-2-13-6/h1-4H2. The molecule has 74 valence electrons. The van der Waals surface area contributed by atoms with Crippen LogP contribution in [0.1, 0.15) is 6.42 Å². The summed E-state index contributed by atoms with van der Waals surface area (Å²) in [6.45, 7) is 1.14. The molecule has 0 radical (unpaired) electrons. The van der Waals surface area contributed by atoms with Crippen molar-refractivity contribution >= 4 is 17.5 Å². The number of carbonyl (C=O) groups excluding carboxylic acids is 1. The first-order chi connectivity index (χ1) is 5.93. The first-order valence-electron chi connectivity index (χ1n) is 3.93. The number of nitrogens with zero attached hydrogens (tertiary/aromatic N) is 1. The van der Waals surface area contributed by atoms with Crippen LogP contribution in [-0.2, 0) is 9.53 Å². The molecule has 0 saturated carbocycles. The minimum atomic E-state index is -3.77. The highest BCUT2D eigenvalue weighted by Crippen LogP contribution is 2.38. The van der Waals surface area contributed by atoms with Crippen LogP contribution in [0, 0.1) is 0 Å². The summed E-state index contributed by atoms with van der Waals surface area (Å²) in [5.41, 5.74) is -0.322. The van der Waals surface area contributed by atoms with Gasteiger partial charge in [0.1, 0.15) is 5.60 Å². The number of amides is 1. The van der Waals surface area contributed by atoms with Crippen molar-refractivity contribution in [1.29, 1.82) is 0 Å². The summed E-state index contributed by atoms with van der Waals surface area (Å²) < 4.78 is 29.8. The fourth-order valence-corrected chi connectivity index (χ4v) is 1.73. The van der Waals surface area contributed by atoms with Crippen LogP contribution in [0.3, 0.4) is 0 Å². The van der Waals surface area contributed by atoms with Gasteiger partial charge in [0.05, 0.1) is 19.7 Å². The summed E-state index contributed by atoms with van der Waals surface area (Å²) in [5.74, 6) is -1.32. The molecule has 1 spiro atoms. The Labute approximate surface area is 78.6 Å². The third-order valence-electron chi connectivity index (χ3n) is 2.45. The van der Waals surface area contributed by atoms with E-state index in [1.165, 1.54) is 0 Å². The lowest BCUT2D eigenvalue weighted by Crippen LogP contribution is -2.70. The number of hydrogen-bond acceptors (Lipinski definition) is 2. The molecular formula is C7H8ClF2NO2. The van der Waals surface area contributed by atoms with Gasteiger partial charge >= 0.3 is 11.3 Å². The highest BCUT2D eigenvalue weighted by molar-refractivity contribution is 6.32. The summed E-state index contributed by atoms with van der Waals surface area (Å²) >= 11 is 4.58. The fraction of sp³-hybridized carbons (Fsp3) is 0.857. The number of halogens is 3. The molecule has 13 heavy (non-hydrogen) atoms. The molecule has 2 saturated heterocycles. The number of likely N-dealkylation sites (tertiary alicyclic amines) is 1. The van der Waals surface area contributed by atoms with Crippen molar-refractivity contribution in [3.05, 3.63) is 0 Å². The lowest BCUT2D eigenvalue weighted by Gasteiger charge is -2.55. The van der Waals surface area contributed by atoms with Gasteiger partial charge in [0.25, 0.3) is 0 Å². The smallest absolute Gasteiger partial charge is 0.371 e. The molecule has 2 rings (SSSR count). The second-order valence-electron chi connectivity index (χ2n) is 3.44. The number of alkyl halides is 3. The molecule has 2 aliphatic rings. The van der Waals surface area contributed by atoms with Gasteiger partial charge in [-0.3, -0.25) is 4.79 Å². The predicted molar refractivity (Wildman–Crippen MR) is 40.7 cm³/mol. The van der Waals surface area contributed by atoms with E-state index in [0.717, 1.165) is 11.3 Å². The van der Waals surface area contributed by atoms with Crippen LogP contribution in [0.5, 0.6) is 0 Å². The third-order valence-corrected chi connectivity index (χ3v) is 2.62. The summed E-state index contributed by atoms with van der Waals surface area (Å²) in [6, 6.07) is 0. The van der Waals surface area contributed by atoms with Crippen LogP contribution >= 0.6 is 11.6 Å². The van der Waals surface area contributed by atoms with Gasteiger partial charge in [-0.2, -0.15) is 8.78 Å². The zero-order valence-corrected chi connectivity index (χ0v) is 7.48. The van der Waals surface area contributed by atoms with Crippen molar-refractivity contribution in [1.82, 2.24) is 4.90 Å². The molecule has 0 aromatic heterocycles. The molecule has 3 nitrogen and oxygen atoms in total. The Balaban J connectivity index is 1.89. The summed E-state index contributed by atoms with van der Waals surface area (Å²) in [6.07, 6.45) is 0.838. The maximum absolute atomic E-state index is 12.3. The first-order valence-corrected chi connectivity index (χ1v) is 4.31. The van der Waals surface area contributed by atoms with E-state index in [9.17, 15) is 13.6 Å². The third kappa shape index (κ3) is 1.40. The van der Waals surface area contributed by atoms with Crippen LogP contribution in [0.4, 0.5) is 8.78 Å². The number of rotatable bonds is 1. The Morgan fingerprint density at radius 1 is 1.54 bits per heavy atom. The SMILES string of the molecule is O=C(N1CC2(CCO2)C1)C(F)(F)Cl. The van der Waals surface area contributed by atoms with Crippen LogP contribution < -0.4 is 0 Å². The van der Waals surface area contributed by atoms with E-state index in [4.69, 9.17) is 4.74 Å². The molecule has 0 aromatic carbocycles. The van der Waals surface area contributed by atoms with Gasteiger partial charge in [0.2, 0.25) is 0 Å². The molecule has 0 bridgehead atoms. The Morgan fingerprint density at radius 3 is 2.38 bits per heavy atom. The average molecular weight is 212 g/mol. The lowest BCUT2D eigenvalue weighted by atomic mass is 9.86. The highest BCUT2D eigenvalue weighted by atomic mass is 35.5. The molecule has 0 aliphatic carbocycles. The minimum absolute atomic E-state index is 0.244. The van der Waals surface area contributed by atoms with Crippen LogP contribution in [-0.4, -0.2) is 41.5 Å². The lowest BCUT2D eigenvalue weighted by molar-refractivity contribution is -0.226. The fourth-order valence-electron chi connectivity index (χ4n) is 1.61. The monoisotopic (exact) mass is 211 g/mol. The van der Waals surface area contributed by atoms with Gasteiger partial charge < -0.3 is 9.64 Å². The van der Waals surface area contributed by atoms with Gasteiger partial charge in [0.15, 0.2) is 0 Å². The molecule has 0 aromatic rings. The van der Waals surface area contributed by atoms with Crippen LogP contribution in [0.2, 0.25) is 0 Å². The second kappa shape index (κ2) is 2.54. The van der Waals surface area contributed by atoms with Crippen LogP contribution in [0.15, 0.2) is 0 Å². The van der Waals surface area contributed by atoms with Gasteiger partial charge in [-0.05, 0) is 11.6 Å². The van der Waals surface area contributed by atoms with Crippen molar-refractivity contribution in [2.75, 3.05) is 19.7 Å². The summed E-state index contributed by atoms with van der Waals surface area (Å²) in [4.78, 5) is 11.9. The highest BCUT2D eigenvalue weighted by Gasteiger charge is 2.54. The minimum Gasteiger partial charge on any atom is -0.371 e. The van der Waals surface area contributed by atoms with Crippen molar-refractivity contribution in [2.24, 2.45) is 0 Å². The number of ether oxygens (including phenoxy) is 1. The van der Waals surface area contributed by atoms with E-state index in [2.05, 4.69) is 11.6 Å². The van der Waals surface area contributed by atoms with E-state index < -0.39 is 11.3 Å². The maximum Gasteiger partial charge on any atom is 0.399 e. The maximum atomic E-state index is 12.3. The van der Waals surface area contributed by atoms with E-state index in [1.54, 1.807) is 0 Å². The quantitative estimate of drug-likeness (QED) is 0.601. The van der Waals surface area contributed by atoms with Crippen molar-refractivity contribution in [3.8, 4) is 0 Å². The summed E-state index contributed by atoms with van der Waals surface area (Å²) in [5, 5.41) is -3.77.